The number of nitrogens with zero attached hydrogens (tertiary/aromatic N) is 1. The number of hydrogen-bond donors (Lipinski definition) is 2. The minimum Gasteiger partial charge on any atom is -0.478 e. The average Bonchev–Trinajstić information content (AvgIpc) is 2.67. The van der Waals surface area contributed by atoms with Gasteiger partial charge in [-0.2, -0.15) is 0 Å². The van der Waals surface area contributed by atoms with E-state index in [1.165, 1.54) is 5.56 Å². The third-order valence-electron chi connectivity index (χ3n) is 4.58. The number of ether oxygens (including phenoxy) is 1. The number of carboxylic acids is 1. The summed E-state index contributed by atoms with van der Waals surface area (Å²) in [5.74, 6) is -0.904. The lowest BCUT2D eigenvalue weighted by Gasteiger charge is -2.35. The maximum absolute atomic E-state index is 11.1. The van der Waals surface area contributed by atoms with E-state index in [1.54, 1.807) is 18.2 Å². The number of carbonyl (C=O) groups is 1. The van der Waals surface area contributed by atoms with Gasteiger partial charge in [0.25, 0.3) is 0 Å². The van der Waals surface area contributed by atoms with Gasteiger partial charge in [-0.05, 0) is 35.4 Å². The van der Waals surface area contributed by atoms with Crippen molar-refractivity contribution in [3.05, 3.63) is 70.2 Å². The molecule has 2 aromatic rings. The Balaban J connectivity index is 1.66. The van der Waals surface area contributed by atoms with Gasteiger partial charge in [0.05, 0.1) is 18.8 Å². The number of carboxylic acid groups (broad SMARTS) is 1. The fourth-order valence-corrected chi connectivity index (χ4v) is 3.33. The van der Waals surface area contributed by atoms with Crippen LogP contribution in [0, 0.1) is 0 Å². The summed E-state index contributed by atoms with van der Waals surface area (Å²) >= 11 is 6.03. The Bertz CT molecular complexity index is 730. The first-order chi connectivity index (χ1) is 12.6. The van der Waals surface area contributed by atoms with E-state index < -0.39 is 5.97 Å². The molecule has 1 atom stereocenters. The van der Waals surface area contributed by atoms with Gasteiger partial charge in [-0.25, -0.2) is 4.79 Å². The second-order valence-electron chi connectivity index (χ2n) is 6.35. The van der Waals surface area contributed by atoms with Gasteiger partial charge in [0.2, 0.25) is 0 Å². The smallest absolute Gasteiger partial charge is 0.335 e. The van der Waals surface area contributed by atoms with Crippen LogP contribution in [0.25, 0.3) is 0 Å². The molecule has 1 aliphatic heterocycles. The third kappa shape index (κ3) is 5.05. The predicted molar refractivity (Wildman–Crippen MR) is 102 cm³/mol. The van der Waals surface area contributed by atoms with Crippen molar-refractivity contribution in [3.8, 4) is 0 Å². The first-order valence-electron chi connectivity index (χ1n) is 8.74. The number of halogens is 1. The van der Waals surface area contributed by atoms with Crippen LogP contribution in [0.15, 0.2) is 48.5 Å². The highest BCUT2D eigenvalue weighted by Gasteiger charge is 2.22. The molecule has 0 bridgehead atoms. The SMILES string of the molecule is O=C(O)c1cccc(CNCC(c2ccc(Cl)cc2)N2CCOCC2)c1. The van der Waals surface area contributed by atoms with Crippen LogP contribution in [0.5, 0.6) is 0 Å². The molecule has 0 saturated carbocycles. The highest BCUT2D eigenvalue weighted by atomic mass is 35.5. The van der Waals surface area contributed by atoms with Crippen LogP contribution in [0.3, 0.4) is 0 Å². The number of morpholine rings is 1. The van der Waals surface area contributed by atoms with Crippen molar-refractivity contribution in [2.24, 2.45) is 0 Å². The standard InChI is InChI=1S/C20H23ClN2O3/c21-18-6-4-16(5-7-18)19(23-8-10-26-11-9-23)14-22-13-15-2-1-3-17(12-15)20(24)25/h1-7,12,19,22H,8-11,13-14H2,(H,24,25). The summed E-state index contributed by atoms with van der Waals surface area (Å²) in [6.45, 7) is 4.65. The fraction of sp³-hybridized carbons (Fsp3) is 0.350. The van der Waals surface area contributed by atoms with Crippen LogP contribution >= 0.6 is 11.6 Å². The summed E-state index contributed by atoms with van der Waals surface area (Å²) in [5, 5.41) is 13.3. The topological polar surface area (TPSA) is 61.8 Å². The van der Waals surface area contributed by atoms with Gasteiger partial charge in [-0.15, -0.1) is 0 Å². The molecule has 5 nitrogen and oxygen atoms in total. The Kier molecular flexibility index (Phi) is 6.63. The van der Waals surface area contributed by atoms with Gasteiger partial charge >= 0.3 is 5.97 Å². The molecule has 0 aliphatic carbocycles. The minimum absolute atomic E-state index is 0.221. The first kappa shape index (κ1) is 18.9. The third-order valence-corrected chi connectivity index (χ3v) is 4.83. The van der Waals surface area contributed by atoms with E-state index in [1.807, 2.05) is 18.2 Å². The molecule has 0 aromatic heterocycles. The van der Waals surface area contributed by atoms with Crippen molar-refractivity contribution in [1.82, 2.24) is 10.2 Å². The van der Waals surface area contributed by atoms with Gasteiger partial charge in [-0.3, -0.25) is 4.90 Å². The molecule has 0 amide bonds. The van der Waals surface area contributed by atoms with Crippen LogP contribution in [-0.2, 0) is 11.3 Å². The number of aromatic carboxylic acids is 1. The van der Waals surface area contributed by atoms with Gasteiger partial charge in [0.1, 0.15) is 0 Å². The zero-order chi connectivity index (χ0) is 18.4. The van der Waals surface area contributed by atoms with Crippen LogP contribution in [-0.4, -0.2) is 48.8 Å². The Labute approximate surface area is 158 Å². The molecule has 26 heavy (non-hydrogen) atoms. The predicted octanol–water partition coefficient (Wildman–Crippen LogP) is 3.20. The quantitative estimate of drug-likeness (QED) is 0.779. The lowest BCUT2D eigenvalue weighted by atomic mass is 10.0. The Morgan fingerprint density at radius 1 is 1.19 bits per heavy atom. The molecular weight excluding hydrogens is 352 g/mol. The van der Waals surface area contributed by atoms with E-state index in [-0.39, 0.29) is 6.04 Å². The first-order valence-corrected chi connectivity index (χ1v) is 9.11. The van der Waals surface area contributed by atoms with Crippen molar-refractivity contribution < 1.29 is 14.6 Å². The van der Waals surface area contributed by atoms with Crippen molar-refractivity contribution in [2.75, 3.05) is 32.8 Å². The zero-order valence-corrected chi connectivity index (χ0v) is 15.3. The summed E-state index contributed by atoms with van der Waals surface area (Å²) in [6.07, 6.45) is 0. The normalized spacial score (nSPS) is 16.3. The summed E-state index contributed by atoms with van der Waals surface area (Å²) in [4.78, 5) is 13.5. The molecule has 1 aliphatic rings. The van der Waals surface area contributed by atoms with Gasteiger partial charge < -0.3 is 15.2 Å². The maximum Gasteiger partial charge on any atom is 0.335 e. The fourth-order valence-electron chi connectivity index (χ4n) is 3.20. The molecule has 1 unspecified atom stereocenters. The van der Waals surface area contributed by atoms with Crippen molar-refractivity contribution in [3.63, 3.8) is 0 Å². The maximum atomic E-state index is 11.1. The summed E-state index contributed by atoms with van der Waals surface area (Å²) in [7, 11) is 0. The van der Waals surface area contributed by atoms with E-state index in [0.29, 0.717) is 12.1 Å². The average molecular weight is 375 g/mol. The molecule has 138 valence electrons. The molecule has 1 saturated heterocycles. The van der Waals surface area contributed by atoms with Crippen LogP contribution in [0.4, 0.5) is 0 Å². The van der Waals surface area contributed by atoms with Crippen LogP contribution in [0.1, 0.15) is 27.5 Å². The van der Waals surface area contributed by atoms with E-state index in [0.717, 1.165) is 43.4 Å². The minimum atomic E-state index is -0.904. The lowest BCUT2D eigenvalue weighted by Crippen LogP contribution is -2.42. The molecule has 2 N–H and O–H groups in total. The van der Waals surface area contributed by atoms with Gasteiger partial charge in [0, 0.05) is 37.2 Å². The Morgan fingerprint density at radius 2 is 1.92 bits per heavy atom. The largest absolute Gasteiger partial charge is 0.478 e. The monoisotopic (exact) mass is 374 g/mol. The summed E-state index contributed by atoms with van der Waals surface area (Å²) in [5.41, 5.74) is 2.48. The van der Waals surface area contributed by atoms with E-state index in [9.17, 15) is 4.79 Å². The number of benzene rings is 2. The Morgan fingerprint density at radius 3 is 2.62 bits per heavy atom. The lowest BCUT2D eigenvalue weighted by molar-refractivity contribution is 0.0161. The highest BCUT2D eigenvalue weighted by molar-refractivity contribution is 6.30. The molecule has 6 heteroatoms. The number of hydrogen-bond acceptors (Lipinski definition) is 4. The molecule has 0 radical (unpaired) electrons. The van der Waals surface area contributed by atoms with Crippen molar-refractivity contribution >= 4 is 17.6 Å². The van der Waals surface area contributed by atoms with Crippen molar-refractivity contribution in [1.29, 1.82) is 0 Å². The summed E-state index contributed by atoms with van der Waals surface area (Å²) < 4.78 is 5.48. The zero-order valence-electron chi connectivity index (χ0n) is 14.5. The highest BCUT2D eigenvalue weighted by Crippen LogP contribution is 2.23. The van der Waals surface area contributed by atoms with E-state index in [4.69, 9.17) is 21.4 Å². The second-order valence-corrected chi connectivity index (χ2v) is 6.79. The van der Waals surface area contributed by atoms with E-state index >= 15 is 0 Å². The number of nitrogens with one attached hydrogen (secondary N) is 1. The van der Waals surface area contributed by atoms with Crippen molar-refractivity contribution in [2.45, 2.75) is 12.6 Å². The molecule has 1 heterocycles. The molecule has 1 fully saturated rings. The van der Waals surface area contributed by atoms with Gasteiger partial charge in [-0.1, -0.05) is 35.9 Å². The number of rotatable bonds is 7. The van der Waals surface area contributed by atoms with Crippen LogP contribution < -0.4 is 5.32 Å². The summed E-state index contributed by atoms with van der Waals surface area (Å²) in [6, 6.07) is 15.2. The molecule has 0 spiro atoms. The van der Waals surface area contributed by atoms with E-state index in [2.05, 4.69) is 22.3 Å². The second kappa shape index (κ2) is 9.14. The molecule has 2 aromatic carbocycles. The molecule has 3 rings (SSSR count). The molecular formula is C20H23ClN2O3. The van der Waals surface area contributed by atoms with Gasteiger partial charge in [0.15, 0.2) is 0 Å². The van der Waals surface area contributed by atoms with Crippen LogP contribution in [0.2, 0.25) is 5.02 Å². The Hall–Kier alpha value is -1.92.